The summed E-state index contributed by atoms with van der Waals surface area (Å²) >= 11 is 1.26. The van der Waals surface area contributed by atoms with Crippen molar-refractivity contribution in [2.75, 3.05) is 5.73 Å². The Balaban J connectivity index is 2.32. The highest BCUT2D eigenvalue weighted by Crippen LogP contribution is 2.21. The molecule has 0 aliphatic heterocycles. The van der Waals surface area contributed by atoms with Gasteiger partial charge in [0.1, 0.15) is 5.82 Å². The number of aromatic amines is 1. The van der Waals surface area contributed by atoms with E-state index >= 15 is 0 Å². The third kappa shape index (κ3) is 1.67. The zero-order valence-electron chi connectivity index (χ0n) is 9.11. The minimum atomic E-state index is -0.442. The Bertz CT molecular complexity index is 793. The molecule has 3 N–H and O–H groups in total. The van der Waals surface area contributed by atoms with Crippen molar-refractivity contribution in [2.24, 2.45) is 0 Å². The molecule has 0 bridgehead atoms. The predicted molar refractivity (Wildman–Crippen MR) is 70.0 cm³/mol. The van der Waals surface area contributed by atoms with Gasteiger partial charge in [0, 0.05) is 22.5 Å². The first kappa shape index (κ1) is 10.9. The van der Waals surface area contributed by atoms with E-state index < -0.39 is 5.82 Å². The molecule has 0 amide bonds. The molecule has 0 aliphatic rings. The van der Waals surface area contributed by atoms with Crippen LogP contribution in [-0.2, 0) is 0 Å². The predicted octanol–water partition coefficient (Wildman–Crippen LogP) is 2.37. The number of halogens is 1. The van der Waals surface area contributed by atoms with E-state index in [1.165, 1.54) is 29.5 Å². The number of hydrogen-bond donors (Lipinski definition) is 2. The molecule has 0 atom stereocenters. The SMILES string of the molecule is Nc1nc(-c2c[nH]c3ccc(F)cc3c2=O)cs1. The van der Waals surface area contributed by atoms with Crippen LogP contribution in [0.25, 0.3) is 22.2 Å². The van der Waals surface area contributed by atoms with Crippen LogP contribution in [0.2, 0.25) is 0 Å². The number of rotatable bonds is 1. The lowest BCUT2D eigenvalue weighted by Gasteiger charge is -2.01. The van der Waals surface area contributed by atoms with E-state index in [0.29, 0.717) is 27.3 Å². The standard InChI is InChI=1S/C12H8FN3OS/c13-6-1-2-9-7(3-6)11(17)8(4-15-9)10-5-18-12(14)16-10/h1-5H,(H2,14,16)(H,15,17). The fourth-order valence-electron chi connectivity index (χ4n) is 1.79. The highest BCUT2D eigenvalue weighted by molar-refractivity contribution is 7.13. The Kier molecular flexibility index (Phi) is 2.38. The molecule has 90 valence electrons. The molecule has 4 nitrogen and oxygen atoms in total. The number of hydrogen-bond acceptors (Lipinski definition) is 4. The largest absolute Gasteiger partial charge is 0.375 e. The van der Waals surface area contributed by atoms with Gasteiger partial charge in [0.2, 0.25) is 0 Å². The topological polar surface area (TPSA) is 71.8 Å². The van der Waals surface area contributed by atoms with Crippen molar-refractivity contribution in [1.82, 2.24) is 9.97 Å². The quantitative estimate of drug-likeness (QED) is 0.706. The number of anilines is 1. The lowest BCUT2D eigenvalue weighted by molar-refractivity contribution is 0.629. The molecule has 2 heterocycles. The molecular formula is C12H8FN3OS. The minimum Gasteiger partial charge on any atom is -0.375 e. The van der Waals surface area contributed by atoms with Crippen molar-refractivity contribution >= 4 is 27.4 Å². The second kappa shape index (κ2) is 3.92. The number of aromatic nitrogens is 2. The van der Waals surface area contributed by atoms with Crippen LogP contribution in [0.3, 0.4) is 0 Å². The summed E-state index contributed by atoms with van der Waals surface area (Å²) in [6, 6.07) is 4.05. The maximum Gasteiger partial charge on any atom is 0.198 e. The average molecular weight is 261 g/mol. The maximum atomic E-state index is 13.2. The first-order valence-electron chi connectivity index (χ1n) is 5.17. The maximum absolute atomic E-state index is 13.2. The van der Waals surface area contributed by atoms with E-state index in [2.05, 4.69) is 9.97 Å². The fourth-order valence-corrected chi connectivity index (χ4v) is 2.36. The molecule has 3 rings (SSSR count). The molecule has 0 fully saturated rings. The summed E-state index contributed by atoms with van der Waals surface area (Å²) in [5.74, 6) is -0.442. The third-order valence-corrected chi connectivity index (χ3v) is 3.31. The van der Waals surface area contributed by atoms with Crippen molar-refractivity contribution in [3.05, 3.63) is 45.8 Å². The summed E-state index contributed by atoms with van der Waals surface area (Å²) in [5.41, 5.74) is 6.77. The summed E-state index contributed by atoms with van der Waals surface area (Å²) in [7, 11) is 0. The fraction of sp³-hybridized carbons (Fsp3) is 0. The van der Waals surface area contributed by atoms with Crippen molar-refractivity contribution in [3.8, 4) is 11.3 Å². The van der Waals surface area contributed by atoms with Crippen molar-refractivity contribution in [2.45, 2.75) is 0 Å². The van der Waals surface area contributed by atoms with Crippen LogP contribution in [-0.4, -0.2) is 9.97 Å². The number of fused-ring (bicyclic) bond motifs is 1. The second-order valence-corrected chi connectivity index (χ2v) is 4.68. The van der Waals surface area contributed by atoms with Gasteiger partial charge in [-0.3, -0.25) is 4.79 Å². The number of nitrogens with one attached hydrogen (secondary N) is 1. The lowest BCUT2D eigenvalue weighted by atomic mass is 10.1. The minimum absolute atomic E-state index is 0.256. The highest BCUT2D eigenvalue weighted by Gasteiger charge is 2.10. The molecule has 0 unspecified atom stereocenters. The molecule has 0 saturated carbocycles. The molecule has 0 spiro atoms. The van der Waals surface area contributed by atoms with Gasteiger partial charge < -0.3 is 10.7 Å². The molecule has 0 aliphatic carbocycles. The van der Waals surface area contributed by atoms with E-state index in [9.17, 15) is 9.18 Å². The Morgan fingerprint density at radius 1 is 1.39 bits per heavy atom. The van der Waals surface area contributed by atoms with E-state index in [4.69, 9.17) is 5.73 Å². The van der Waals surface area contributed by atoms with E-state index in [1.54, 1.807) is 11.6 Å². The number of pyridine rings is 1. The van der Waals surface area contributed by atoms with Crippen LogP contribution < -0.4 is 11.2 Å². The van der Waals surface area contributed by atoms with Gasteiger partial charge >= 0.3 is 0 Å². The van der Waals surface area contributed by atoms with Crippen molar-refractivity contribution in [1.29, 1.82) is 0 Å². The Morgan fingerprint density at radius 2 is 2.22 bits per heavy atom. The van der Waals surface area contributed by atoms with Gasteiger partial charge in [0.15, 0.2) is 10.6 Å². The van der Waals surface area contributed by atoms with Crippen LogP contribution in [0.4, 0.5) is 9.52 Å². The number of nitrogens with two attached hydrogens (primary N) is 1. The Hall–Kier alpha value is -2.21. The zero-order chi connectivity index (χ0) is 12.7. The van der Waals surface area contributed by atoms with Crippen LogP contribution in [0.1, 0.15) is 0 Å². The molecule has 18 heavy (non-hydrogen) atoms. The van der Waals surface area contributed by atoms with Crippen LogP contribution in [0.5, 0.6) is 0 Å². The van der Waals surface area contributed by atoms with Gasteiger partial charge in [0.05, 0.1) is 11.3 Å². The molecule has 0 saturated heterocycles. The molecule has 6 heteroatoms. The summed E-state index contributed by atoms with van der Waals surface area (Å²) in [6.07, 6.45) is 1.57. The second-order valence-electron chi connectivity index (χ2n) is 3.79. The van der Waals surface area contributed by atoms with Gasteiger partial charge in [-0.05, 0) is 18.2 Å². The van der Waals surface area contributed by atoms with Crippen molar-refractivity contribution in [3.63, 3.8) is 0 Å². The van der Waals surface area contributed by atoms with Gasteiger partial charge in [-0.2, -0.15) is 0 Å². The molecule has 2 aromatic heterocycles. The van der Waals surface area contributed by atoms with Gasteiger partial charge in [-0.25, -0.2) is 9.37 Å². The van der Waals surface area contributed by atoms with Crippen LogP contribution >= 0.6 is 11.3 Å². The number of thiazole rings is 1. The van der Waals surface area contributed by atoms with Crippen molar-refractivity contribution < 1.29 is 4.39 Å². The summed E-state index contributed by atoms with van der Waals surface area (Å²) < 4.78 is 13.2. The smallest absolute Gasteiger partial charge is 0.198 e. The third-order valence-electron chi connectivity index (χ3n) is 2.64. The number of nitrogens with zero attached hydrogens (tertiary/aromatic N) is 1. The first-order chi connectivity index (χ1) is 8.65. The normalized spacial score (nSPS) is 10.9. The zero-order valence-corrected chi connectivity index (χ0v) is 9.92. The van der Waals surface area contributed by atoms with E-state index in [0.717, 1.165) is 0 Å². The van der Waals surface area contributed by atoms with Gasteiger partial charge in [0.25, 0.3) is 0 Å². The van der Waals surface area contributed by atoms with Crippen LogP contribution in [0.15, 0.2) is 34.6 Å². The summed E-state index contributed by atoms with van der Waals surface area (Å²) in [5, 5.41) is 2.40. The van der Waals surface area contributed by atoms with E-state index in [1.807, 2.05) is 0 Å². The Morgan fingerprint density at radius 3 is 2.94 bits per heavy atom. The number of H-pyrrole nitrogens is 1. The van der Waals surface area contributed by atoms with Gasteiger partial charge in [-0.1, -0.05) is 0 Å². The number of benzene rings is 1. The molecule has 1 aromatic carbocycles. The highest BCUT2D eigenvalue weighted by atomic mass is 32.1. The summed E-state index contributed by atoms with van der Waals surface area (Å²) in [4.78, 5) is 19.2. The molecular weight excluding hydrogens is 253 g/mol. The lowest BCUT2D eigenvalue weighted by Crippen LogP contribution is -2.06. The molecule has 0 radical (unpaired) electrons. The van der Waals surface area contributed by atoms with Gasteiger partial charge in [-0.15, -0.1) is 11.3 Å². The monoisotopic (exact) mass is 261 g/mol. The van der Waals surface area contributed by atoms with E-state index in [-0.39, 0.29) is 5.43 Å². The first-order valence-corrected chi connectivity index (χ1v) is 6.05. The number of nitrogen functional groups attached to an aromatic ring is 1. The average Bonchev–Trinajstić information content (AvgIpc) is 2.77. The molecule has 3 aromatic rings. The summed E-state index contributed by atoms with van der Waals surface area (Å²) in [6.45, 7) is 0. The Labute approximate surface area is 105 Å². The van der Waals surface area contributed by atoms with Crippen LogP contribution in [0, 0.1) is 5.82 Å².